The second-order valence-electron chi connectivity index (χ2n) is 5.30. The van der Waals surface area contributed by atoms with Gasteiger partial charge in [-0.2, -0.15) is 10.1 Å². The Balaban J connectivity index is 1.63. The number of nitrogens with zero attached hydrogens (tertiary/aromatic N) is 2. The lowest BCUT2D eigenvalue weighted by Crippen LogP contribution is -2.30. The normalized spacial score (nSPS) is 18.0. The Labute approximate surface area is 135 Å². The Bertz CT molecular complexity index is 696. The van der Waals surface area contributed by atoms with E-state index in [0.717, 1.165) is 17.5 Å². The van der Waals surface area contributed by atoms with Crippen molar-refractivity contribution in [2.24, 2.45) is 5.10 Å². The van der Waals surface area contributed by atoms with Crippen LogP contribution >= 0.6 is 0 Å². The van der Waals surface area contributed by atoms with Crippen LogP contribution in [-0.2, 0) is 11.2 Å². The van der Waals surface area contributed by atoms with Gasteiger partial charge in [0.05, 0.1) is 6.04 Å². The number of hydrazone groups is 1. The second kappa shape index (κ2) is 7.40. The molecule has 116 valence electrons. The van der Waals surface area contributed by atoms with Crippen LogP contribution in [0.1, 0.15) is 11.1 Å². The highest BCUT2D eigenvalue weighted by Crippen LogP contribution is 2.17. The number of carbonyl (C=O) groups excluding carboxylic acids is 1. The first-order valence-corrected chi connectivity index (χ1v) is 7.58. The van der Waals surface area contributed by atoms with Gasteiger partial charge in [-0.3, -0.25) is 0 Å². The Kier molecular flexibility index (Phi) is 4.84. The third-order valence-corrected chi connectivity index (χ3v) is 3.61. The summed E-state index contributed by atoms with van der Waals surface area (Å²) in [6.45, 7) is 0.369. The number of hydrogen-bond acceptors (Lipinski definition) is 3. The molecule has 1 heterocycles. The topological polar surface area (TPSA) is 41.9 Å². The molecule has 1 aliphatic heterocycles. The Morgan fingerprint density at radius 2 is 1.78 bits per heavy atom. The highest BCUT2D eigenvalue weighted by Gasteiger charge is 2.32. The van der Waals surface area contributed by atoms with Crippen molar-refractivity contribution >= 4 is 18.4 Å². The molecular weight excluding hydrogens is 288 g/mol. The molecule has 4 nitrogen and oxygen atoms in total. The van der Waals surface area contributed by atoms with Gasteiger partial charge in [0, 0.05) is 6.21 Å². The van der Waals surface area contributed by atoms with Gasteiger partial charge in [-0.25, -0.2) is 4.79 Å². The molecule has 2 aromatic carbocycles. The van der Waals surface area contributed by atoms with E-state index in [9.17, 15) is 4.79 Å². The van der Waals surface area contributed by atoms with Crippen LogP contribution in [0, 0.1) is 0 Å². The van der Waals surface area contributed by atoms with Crippen LogP contribution in [0.2, 0.25) is 0 Å². The maximum atomic E-state index is 11.8. The molecule has 0 N–H and O–H groups in total. The summed E-state index contributed by atoms with van der Waals surface area (Å²) in [7, 11) is 0. The number of cyclic esters (lactones) is 1. The number of ether oxygens (including phenoxy) is 1. The monoisotopic (exact) mass is 306 g/mol. The second-order valence-corrected chi connectivity index (χ2v) is 5.30. The zero-order valence-corrected chi connectivity index (χ0v) is 12.7. The molecule has 2 aromatic rings. The van der Waals surface area contributed by atoms with Crippen molar-refractivity contribution in [3.05, 3.63) is 77.9 Å². The molecule has 0 saturated carbocycles. The highest BCUT2D eigenvalue weighted by molar-refractivity contribution is 5.80. The molecule has 23 heavy (non-hydrogen) atoms. The number of rotatable bonds is 5. The summed E-state index contributed by atoms with van der Waals surface area (Å²) in [5.41, 5.74) is 2.25. The van der Waals surface area contributed by atoms with Gasteiger partial charge in [0.2, 0.25) is 0 Å². The first kappa shape index (κ1) is 15.0. The third kappa shape index (κ3) is 4.07. The van der Waals surface area contributed by atoms with Crippen LogP contribution in [0.3, 0.4) is 0 Å². The smallest absolute Gasteiger partial charge is 0.430 e. The van der Waals surface area contributed by atoms with Gasteiger partial charge in [0.25, 0.3) is 0 Å². The summed E-state index contributed by atoms with van der Waals surface area (Å²) in [6.07, 6.45) is 5.72. The minimum Gasteiger partial charge on any atom is -0.446 e. The summed E-state index contributed by atoms with van der Waals surface area (Å²) in [5.74, 6) is 0. The van der Waals surface area contributed by atoms with Gasteiger partial charge in [0.15, 0.2) is 0 Å². The summed E-state index contributed by atoms with van der Waals surface area (Å²) in [6, 6.07) is 19.9. The van der Waals surface area contributed by atoms with E-state index >= 15 is 0 Å². The molecule has 0 bridgehead atoms. The van der Waals surface area contributed by atoms with E-state index in [1.165, 1.54) is 5.01 Å². The molecule has 0 aliphatic carbocycles. The first-order valence-electron chi connectivity index (χ1n) is 7.58. The largest absolute Gasteiger partial charge is 0.446 e. The van der Waals surface area contributed by atoms with E-state index in [2.05, 4.69) is 5.10 Å². The molecule has 1 saturated heterocycles. The van der Waals surface area contributed by atoms with Gasteiger partial charge in [0.1, 0.15) is 6.61 Å². The van der Waals surface area contributed by atoms with Crippen LogP contribution < -0.4 is 0 Å². The average molecular weight is 306 g/mol. The average Bonchev–Trinajstić information content (AvgIpc) is 2.94. The maximum Gasteiger partial charge on any atom is 0.430 e. The minimum atomic E-state index is -0.393. The number of hydrogen-bond donors (Lipinski definition) is 0. The summed E-state index contributed by atoms with van der Waals surface area (Å²) >= 11 is 0. The first-order chi connectivity index (χ1) is 11.3. The highest BCUT2D eigenvalue weighted by atomic mass is 16.6. The zero-order valence-electron chi connectivity index (χ0n) is 12.7. The van der Waals surface area contributed by atoms with Crippen LogP contribution in [0.5, 0.6) is 0 Å². The van der Waals surface area contributed by atoms with E-state index in [0.29, 0.717) is 6.61 Å². The standard InChI is InChI=1S/C19H18N2O2/c22-19-21(20-13-7-12-16-8-3-1-4-9-16)18(15-23-19)14-17-10-5-2-6-11-17/h1-13,18H,14-15H2/b12-7+,20-13+/t18-/m0/s1. The van der Waals surface area contributed by atoms with Gasteiger partial charge >= 0.3 is 6.09 Å². The molecule has 4 heteroatoms. The molecule has 0 radical (unpaired) electrons. The number of allylic oxidation sites excluding steroid dienone is 1. The summed E-state index contributed by atoms with van der Waals surface area (Å²) in [5, 5.41) is 5.66. The summed E-state index contributed by atoms with van der Waals surface area (Å²) < 4.78 is 5.11. The predicted octanol–water partition coefficient (Wildman–Crippen LogP) is 3.75. The van der Waals surface area contributed by atoms with Crippen molar-refractivity contribution in [3.8, 4) is 0 Å². The molecule has 0 aromatic heterocycles. The zero-order chi connectivity index (χ0) is 15.9. The molecule has 0 spiro atoms. The van der Waals surface area contributed by atoms with Gasteiger partial charge in [-0.15, -0.1) is 0 Å². The molecule has 1 aliphatic rings. The predicted molar refractivity (Wildman–Crippen MR) is 91.1 cm³/mol. The van der Waals surface area contributed by atoms with E-state index in [-0.39, 0.29) is 6.04 Å². The van der Waals surface area contributed by atoms with Gasteiger partial charge in [-0.1, -0.05) is 66.7 Å². The van der Waals surface area contributed by atoms with Crippen molar-refractivity contribution in [2.45, 2.75) is 12.5 Å². The number of carbonyl (C=O) groups is 1. The molecule has 0 unspecified atom stereocenters. The van der Waals surface area contributed by atoms with E-state index < -0.39 is 6.09 Å². The molecular formula is C19H18N2O2. The van der Waals surface area contributed by atoms with Crippen LogP contribution in [-0.4, -0.2) is 30.0 Å². The SMILES string of the molecule is O=C1OC[C@H](Cc2ccccc2)N1/N=C/C=C/c1ccccc1. The maximum absolute atomic E-state index is 11.8. The Hall–Kier alpha value is -2.88. The van der Waals surface area contributed by atoms with Crippen molar-refractivity contribution < 1.29 is 9.53 Å². The van der Waals surface area contributed by atoms with Crippen molar-refractivity contribution in [1.82, 2.24) is 5.01 Å². The van der Waals surface area contributed by atoms with E-state index in [1.54, 1.807) is 6.21 Å². The fourth-order valence-electron chi connectivity index (χ4n) is 2.45. The van der Waals surface area contributed by atoms with E-state index in [4.69, 9.17) is 4.74 Å². The quantitative estimate of drug-likeness (QED) is 0.790. The van der Waals surface area contributed by atoms with Crippen LogP contribution in [0.15, 0.2) is 71.8 Å². The van der Waals surface area contributed by atoms with E-state index in [1.807, 2.05) is 72.8 Å². The minimum absolute atomic E-state index is 0.0636. The van der Waals surface area contributed by atoms with Crippen molar-refractivity contribution in [2.75, 3.05) is 6.61 Å². The van der Waals surface area contributed by atoms with Crippen molar-refractivity contribution in [1.29, 1.82) is 0 Å². The number of benzene rings is 2. The summed E-state index contributed by atoms with van der Waals surface area (Å²) in [4.78, 5) is 11.8. The lowest BCUT2D eigenvalue weighted by molar-refractivity contribution is 0.159. The van der Waals surface area contributed by atoms with Gasteiger partial charge < -0.3 is 4.74 Å². The molecule has 1 fully saturated rings. The Morgan fingerprint density at radius 1 is 1.09 bits per heavy atom. The molecule has 1 amide bonds. The van der Waals surface area contributed by atoms with Crippen molar-refractivity contribution in [3.63, 3.8) is 0 Å². The fraction of sp³-hybridized carbons (Fsp3) is 0.158. The van der Waals surface area contributed by atoms with Gasteiger partial charge in [-0.05, 0) is 23.6 Å². The van der Waals surface area contributed by atoms with Crippen LogP contribution in [0.4, 0.5) is 4.79 Å². The molecule has 3 rings (SSSR count). The Morgan fingerprint density at radius 3 is 2.52 bits per heavy atom. The fourth-order valence-corrected chi connectivity index (χ4v) is 2.45. The van der Waals surface area contributed by atoms with Crippen LogP contribution in [0.25, 0.3) is 6.08 Å². The lowest BCUT2D eigenvalue weighted by Gasteiger charge is -2.15. The lowest BCUT2D eigenvalue weighted by atomic mass is 10.1. The molecule has 1 atom stereocenters. The number of amides is 1. The third-order valence-electron chi connectivity index (χ3n) is 3.61.